The van der Waals surface area contributed by atoms with Crippen LogP contribution in [0.1, 0.15) is 19.0 Å². The molecule has 0 atom stereocenters. The molecule has 0 radical (unpaired) electrons. The van der Waals surface area contributed by atoms with Crippen LogP contribution in [0.3, 0.4) is 0 Å². The Bertz CT molecular complexity index is 484. The lowest BCUT2D eigenvalue weighted by atomic mass is 10.3. The van der Waals surface area contributed by atoms with Gasteiger partial charge in [0.05, 0.1) is 0 Å². The van der Waals surface area contributed by atoms with Gasteiger partial charge in [0, 0.05) is 11.9 Å². The van der Waals surface area contributed by atoms with E-state index in [2.05, 4.69) is 17.0 Å². The molecule has 4 heteroatoms. The number of nitrogens with one attached hydrogen (secondary N) is 1. The summed E-state index contributed by atoms with van der Waals surface area (Å²) in [6.07, 6.45) is 3.89. The van der Waals surface area contributed by atoms with Gasteiger partial charge in [0.2, 0.25) is 0 Å². The van der Waals surface area contributed by atoms with Crippen molar-refractivity contribution < 1.29 is 0 Å². The summed E-state index contributed by atoms with van der Waals surface area (Å²) in [6, 6.07) is 7.77. The predicted molar refractivity (Wildman–Crippen MR) is 62.7 cm³/mol. The van der Waals surface area contributed by atoms with Crippen molar-refractivity contribution >= 4 is 12.2 Å². The van der Waals surface area contributed by atoms with E-state index >= 15 is 0 Å². The van der Waals surface area contributed by atoms with Crippen molar-refractivity contribution in [1.29, 1.82) is 0 Å². The first-order chi connectivity index (χ1) is 7.31. The summed E-state index contributed by atoms with van der Waals surface area (Å²) < 4.78 is 2.61. The predicted octanol–water partition coefficient (Wildman–Crippen LogP) is 2.88. The summed E-state index contributed by atoms with van der Waals surface area (Å²) in [5, 5.41) is 3.25. The molecule has 15 heavy (non-hydrogen) atoms. The summed E-state index contributed by atoms with van der Waals surface area (Å²) in [4.78, 5) is 4.25. The number of hydrogen-bond donors (Lipinski definition) is 1. The normalized spacial score (nSPS) is 10.5. The summed E-state index contributed by atoms with van der Waals surface area (Å²) in [5.74, 6) is 0.838. The monoisotopic (exact) mass is 219 g/mol. The summed E-state index contributed by atoms with van der Waals surface area (Å²) in [7, 11) is 0. The largest absolute Gasteiger partial charge is 0.296 e. The molecule has 1 N–H and O–H groups in total. The van der Waals surface area contributed by atoms with Crippen LogP contribution in [0.5, 0.6) is 0 Å². The van der Waals surface area contributed by atoms with Gasteiger partial charge in [-0.05, 0) is 24.6 Å². The Morgan fingerprint density at radius 1 is 1.47 bits per heavy atom. The van der Waals surface area contributed by atoms with Crippen LogP contribution in [0.4, 0.5) is 0 Å². The number of hydrogen-bond acceptors (Lipinski definition) is 2. The van der Waals surface area contributed by atoms with Gasteiger partial charge >= 0.3 is 0 Å². The molecule has 0 spiro atoms. The molecule has 0 aromatic carbocycles. The van der Waals surface area contributed by atoms with Gasteiger partial charge in [-0.15, -0.1) is 0 Å². The molecule has 2 aromatic rings. The minimum absolute atomic E-state index is 0.775. The van der Waals surface area contributed by atoms with Gasteiger partial charge in [0.15, 0.2) is 5.82 Å². The van der Waals surface area contributed by atoms with Gasteiger partial charge in [0.25, 0.3) is 0 Å². The van der Waals surface area contributed by atoms with E-state index in [4.69, 9.17) is 12.2 Å². The summed E-state index contributed by atoms with van der Waals surface area (Å²) >= 11 is 5.26. The second kappa shape index (κ2) is 4.40. The molecule has 0 aliphatic rings. The van der Waals surface area contributed by atoms with Crippen LogP contribution in [-0.4, -0.2) is 14.8 Å². The first-order valence-corrected chi connectivity index (χ1v) is 5.44. The van der Waals surface area contributed by atoms with Crippen molar-refractivity contribution in [1.82, 2.24) is 14.8 Å². The maximum atomic E-state index is 5.26. The highest BCUT2D eigenvalue weighted by Gasteiger charge is 2.01. The Kier molecular flexibility index (Phi) is 2.97. The van der Waals surface area contributed by atoms with Gasteiger partial charge in [-0.2, -0.15) is 0 Å². The number of nitrogens with zero attached hydrogens (tertiary/aromatic N) is 2. The van der Waals surface area contributed by atoms with Crippen molar-refractivity contribution in [2.75, 3.05) is 0 Å². The van der Waals surface area contributed by atoms with Crippen molar-refractivity contribution in [3.63, 3.8) is 0 Å². The van der Waals surface area contributed by atoms with Crippen molar-refractivity contribution in [2.45, 2.75) is 19.8 Å². The highest BCUT2D eigenvalue weighted by Crippen LogP contribution is 2.07. The van der Waals surface area contributed by atoms with Crippen molar-refractivity contribution in [3.8, 4) is 5.82 Å². The molecule has 0 aliphatic carbocycles. The van der Waals surface area contributed by atoms with Crippen LogP contribution in [-0.2, 0) is 6.42 Å². The molecule has 0 saturated heterocycles. The average molecular weight is 219 g/mol. The van der Waals surface area contributed by atoms with E-state index in [-0.39, 0.29) is 0 Å². The molecule has 0 amide bonds. The molecule has 0 bridgehead atoms. The molecule has 0 unspecified atom stereocenters. The van der Waals surface area contributed by atoms with E-state index < -0.39 is 0 Å². The van der Waals surface area contributed by atoms with Crippen molar-refractivity contribution in [3.05, 3.63) is 40.8 Å². The smallest absolute Gasteiger partial charge is 0.152 e. The van der Waals surface area contributed by atoms with Crippen LogP contribution in [0.15, 0.2) is 30.5 Å². The highest BCUT2D eigenvalue weighted by molar-refractivity contribution is 7.71. The Labute approximate surface area is 93.8 Å². The quantitative estimate of drug-likeness (QED) is 0.805. The van der Waals surface area contributed by atoms with Gasteiger partial charge in [-0.25, -0.2) is 9.67 Å². The van der Waals surface area contributed by atoms with Crippen LogP contribution < -0.4 is 0 Å². The number of aromatic nitrogens is 3. The van der Waals surface area contributed by atoms with E-state index in [1.807, 2.05) is 28.9 Å². The minimum Gasteiger partial charge on any atom is -0.296 e. The molecular formula is C11H13N3S. The van der Waals surface area contributed by atoms with E-state index in [1.54, 1.807) is 6.20 Å². The van der Waals surface area contributed by atoms with Crippen LogP contribution >= 0.6 is 12.2 Å². The second-order valence-corrected chi connectivity index (χ2v) is 3.81. The third-order valence-electron chi connectivity index (χ3n) is 2.17. The molecule has 2 rings (SSSR count). The second-order valence-electron chi connectivity index (χ2n) is 3.39. The lowest BCUT2D eigenvalue weighted by molar-refractivity contribution is 0.785. The SMILES string of the molecule is CCCc1cc(=S)n(-c2ccccn2)[nH]1. The zero-order chi connectivity index (χ0) is 10.7. The van der Waals surface area contributed by atoms with Crippen LogP contribution in [0, 0.1) is 4.64 Å². The number of rotatable bonds is 3. The number of H-pyrrole nitrogens is 1. The standard InChI is InChI=1S/C11H13N3S/c1-2-5-9-8-11(15)14(13-9)10-6-3-4-7-12-10/h3-4,6-8,13H,2,5H2,1H3. The molecule has 2 heterocycles. The first kappa shape index (κ1) is 10.1. The Balaban J connectivity index is 2.41. The third kappa shape index (κ3) is 2.15. The van der Waals surface area contributed by atoms with E-state index in [1.165, 1.54) is 0 Å². The lowest BCUT2D eigenvalue weighted by Gasteiger charge is -2.00. The summed E-state index contributed by atoms with van der Waals surface area (Å²) in [6.45, 7) is 2.15. The fraction of sp³-hybridized carbons (Fsp3) is 0.273. The van der Waals surface area contributed by atoms with Gasteiger partial charge in [-0.1, -0.05) is 31.6 Å². The fourth-order valence-electron chi connectivity index (χ4n) is 1.50. The van der Waals surface area contributed by atoms with Crippen LogP contribution in [0.25, 0.3) is 5.82 Å². The zero-order valence-corrected chi connectivity index (χ0v) is 9.42. The fourth-order valence-corrected chi connectivity index (χ4v) is 1.78. The maximum absolute atomic E-state index is 5.26. The molecule has 3 nitrogen and oxygen atoms in total. The molecular weight excluding hydrogens is 206 g/mol. The first-order valence-electron chi connectivity index (χ1n) is 5.03. The minimum atomic E-state index is 0.775. The third-order valence-corrected chi connectivity index (χ3v) is 2.47. The maximum Gasteiger partial charge on any atom is 0.152 e. The van der Waals surface area contributed by atoms with Gasteiger partial charge in [0.1, 0.15) is 4.64 Å². The number of aryl methyl sites for hydroxylation is 1. The Hall–Kier alpha value is -1.42. The number of aromatic amines is 1. The highest BCUT2D eigenvalue weighted by atomic mass is 32.1. The van der Waals surface area contributed by atoms with E-state index in [0.717, 1.165) is 29.0 Å². The molecule has 0 fully saturated rings. The van der Waals surface area contributed by atoms with Crippen molar-refractivity contribution in [2.24, 2.45) is 0 Å². The Morgan fingerprint density at radius 3 is 3.00 bits per heavy atom. The topological polar surface area (TPSA) is 33.6 Å². The zero-order valence-electron chi connectivity index (χ0n) is 8.60. The number of pyridine rings is 1. The van der Waals surface area contributed by atoms with Gasteiger partial charge in [-0.3, -0.25) is 5.10 Å². The average Bonchev–Trinajstić information content (AvgIpc) is 2.61. The van der Waals surface area contributed by atoms with E-state index in [0.29, 0.717) is 0 Å². The van der Waals surface area contributed by atoms with E-state index in [9.17, 15) is 0 Å². The molecule has 78 valence electrons. The van der Waals surface area contributed by atoms with Crippen LogP contribution in [0.2, 0.25) is 0 Å². The molecule has 0 saturated carbocycles. The lowest BCUT2D eigenvalue weighted by Crippen LogP contribution is -1.99. The summed E-state index contributed by atoms with van der Waals surface area (Å²) in [5.41, 5.74) is 1.16. The Morgan fingerprint density at radius 2 is 2.33 bits per heavy atom. The molecule has 2 aromatic heterocycles. The van der Waals surface area contributed by atoms with Gasteiger partial charge < -0.3 is 0 Å². The molecule has 0 aliphatic heterocycles.